The lowest BCUT2D eigenvalue weighted by Gasteiger charge is -2.32. The van der Waals surface area contributed by atoms with E-state index in [9.17, 15) is 0 Å². The number of ether oxygens (including phenoxy) is 3. The van der Waals surface area contributed by atoms with E-state index in [4.69, 9.17) is 14.2 Å². The molecule has 1 aromatic heterocycles. The van der Waals surface area contributed by atoms with Crippen LogP contribution < -0.4 is 14.8 Å². The predicted molar refractivity (Wildman–Crippen MR) is 77.8 cm³/mol. The Morgan fingerprint density at radius 3 is 2.95 bits per heavy atom. The summed E-state index contributed by atoms with van der Waals surface area (Å²) in [6.45, 7) is 7.07. The predicted octanol–water partition coefficient (Wildman–Crippen LogP) is 1.47. The SMILES string of the molecule is CCOc1cc(C)nc(OC2COC3(CCNCC3)C2)n1. The number of rotatable bonds is 4. The summed E-state index contributed by atoms with van der Waals surface area (Å²) in [4.78, 5) is 8.63. The average molecular weight is 293 g/mol. The zero-order valence-corrected chi connectivity index (χ0v) is 12.7. The number of hydrogen-bond acceptors (Lipinski definition) is 6. The minimum Gasteiger partial charge on any atom is -0.478 e. The number of nitrogens with one attached hydrogen (secondary N) is 1. The van der Waals surface area contributed by atoms with Crippen LogP contribution in [0.4, 0.5) is 0 Å². The minimum atomic E-state index is -0.0114. The molecule has 116 valence electrons. The van der Waals surface area contributed by atoms with Crippen molar-refractivity contribution in [1.82, 2.24) is 15.3 Å². The Labute approximate surface area is 125 Å². The molecule has 0 aromatic carbocycles. The average Bonchev–Trinajstić information content (AvgIpc) is 2.82. The third kappa shape index (κ3) is 3.44. The summed E-state index contributed by atoms with van der Waals surface area (Å²) in [5.74, 6) is 0.565. The van der Waals surface area contributed by atoms with Gasteiger partial charge in [0.05, 0.1) is 18.8 Å². The number of aryl methyl sites for hydroxylation is 1. The Hall–Kier alpha value is -1.40. The monoisotopic (exact) mass is 293 g/mol. The lowest BCUT2D eigenvalue weighted by atomic mass is 9.89. The molecule has 0 radical (unpaired) electrons. The maximum absolute atomic E-state index is 6.02. The molecule has 2 aliphatic rings. The molecule has 3 heterocycles. The van der Waals surface area contributed by atoms with E-state index in [1.54, 1.807) is 0 Å². The van der Waals surface area contributed by atoms with Crippen LogP contribution in [0.3, 0.4) is 0 Å². The second kappa shape index (κ2) is 6.15. The van der Waals surface area contributed by atoms with Crippen molar-refractivity contribution in [3.63, 3.8) is 0 Å². The molecule has 0 amide bonds. The van der Waals surface area contributed by atoms with E-state index in [1.165, 1.54) is 0 Å². The summed E-state index contributed by atoms with van der Waals surface area (Å²) < 4.78 is 17.4. The molecule has 0 bridgehead atoms. The van der Waals surface area contributed by atoms with E-state index in [0.717, 1.165) is 38.0 Å². The second-order valence-corrected chi connectivity index (χ2v) is 5.75. The molecule has 2 fully saturated rings. The molecular weight excluding hydrogens is 270 g/mol. The number of hydrogen-bond donors (Lipinski definition) is 1. The van der Waals surface area contributed by atoms with Gasteiger partial charge in [-0.15, -0.1) is 0 Å². The molecule has 6 heteroatoms. The van der Waals surface area contributed by atoms with Crippen molar-refractivity contribution in [3.8, 4) is 11.9 Å². The first kappa shape index (κ1) is 14.5. The lowest BCUT2D eigenvalue weighted by molar-refractivity contribution is -0.0206. The topological polar surface area (TPSA) is 65.5 Å². The quantitative estimate of drug-likeness (QED) is 0.907. The fourth-order valence-corrected chi connectivity index (χ4v) is 3.05. The van der Waals surface area contributed by atoms with Gasteiger partial charge in [-0.05, 0) is 39.8 Å². The van der Waals surface area contributed by atoms with Crippen molar-refractivity contribution in [3.05, 3.63) is 11.8 Å². The van der Waals surface area contributed by atoms with Gasteiger partial charge in [0.25, 0.3) is 0 Å². The zero-order valence-electron chi connectivity index (χ0n) is 12.7. The van der Waals surface area contributed by atoms with Gasteiger partial charge < -0.3 is 19.5 Å². The van der Waals surface area contributed by atoms with E-state index < -0.39 is 0 Å². The molecule has 2 aliphatic heterocycles. The summed E-state index contributed by atoms with van der Waals surface area (Å²) in [5.41, 5.74) is 0.835. The van der Waals surface area contributed by atoms with Crippen LogP contribution in [0, 0.1) is 6.92 Å². The van der Waals surface area contributed by atoms with E-state index in [1.807, 2.05) is 19.9 Å². The van der Waals surface area contributed by atoms with Gasteiger partial charge in [-0.1, -0.05) is 0 Å². The Balaban J connectivity index is 1.64. The van der Waals surface area contributed by atoms with Crippen LogP contribution in [0.15, 0.2) is 6.07 Å². The first-order valence-corrected chi connectivity index (χ1v) is 7.69. The number of nitrogens with zero attached hydrogens (tertiary/aromatic N) is 2. The van der Waals surface area contributed by atoms with Crippen molar-refractivity contribution < 1.29 is 14.2 Å². The van der Waals surface area contributed by atoms with Crippen molar-refractivity contribution >= 4 is 0 Å². The first-order chi connectivity index (χ1) is 10.2. The van der Waals surface area contributed by atoms with Gasteiger partial charge in [-0.2, -0.15) is 4.98 Å². The molecule has 3 rings (SSSR count). The smallest absolute Gasteiger partial charge is 0.320 e. The summed E-state index contributed by atoms with van der Waals surface area (Å²) in [6, 6.07) is 2.20. The fraction of sp³-hybridized carbons (Fsp3) is 0.733. The second-order valence-electron chi connectivity index (χ2n) is 5.75. The van der Waals surface area contributed by atoms with Crippen LogP contribution >= 0.6 is 0 Å². The number of piperidine rings is 1. The molecule has 1 unspecified atom stereocenters. The molecule has 1 spiro atoms. The zero-order chi connectivity index (χ0) is 14.7. The van der Waals surface area contributed by atoms with Gasteiger partial charge in [0, 0.05) is 18.2 Å². The van der Waals surface area contributed by atoms with E-state index in [2.05, 4.69) is 15.3 Å². The van der Waals surface area contributed by atoms with Gasteiger partial charge in [-0.25, -0.2) is 4.98 Å². The van der Waals surface area contributed by atoms with Gasteiger partial charge in [0.1, 0.15) is 6.10 Å². The number of aromatic nitrogens is 2. The summed E-state index contributed by atoms with van der Waals surface area (Å²) >= 11 is 0. The van der Waals surface area contributed by atoms with E-state index in [0.29, 0.717) is 25.1 Å². The normalized spacial score (nSPS) is 24.2. The molecule has 0 saturated carbocycles. The van der Waals surface area contributed by atoms with Crippen LogP contribution in [0.2, 0.25) is 0 Å². The maximum atomic E-state index is 6.02. The molecular formula is C15H23N3O3. The molecule has 6 nitrogen and oxygen atoms in total. The van der Waals surface area contributed by atoms with Crippen molar-refractivity contribution in [2.75, 3.05) is 26.3 Å². The van der Waals surface area contributed by atoms with Gasteiger partial charge in [0.2, 0.25) is 5.88 Å². The first-order valence-electron chi connectivity index (χ1n) is 7.69. The van der Waals surface area contributed by atoms with Crippen molar-refractivity contribution in [1.29, 1.82) is 0 Å². The standard InChI is InChI=1S/C15H23N3O3/c1-3-19-13-8-11(2)17-14(18-13)21-12-9-15(20-10-12)4-6-16-7-5-15/h8,12,16H,3-7,9-10H2,1-2H3. The largest absolute Gasteiger partial charge is 0.478 e. The molecule has 21 heavy (non-hydrogen) atoms. The Bertz CT molecular complexity index is 489. The van der Waals surface area contributed by atoms with Crippen LogP contribution in [0.1, 0.15) is 31.9 Å². The minimum absolute atomic E-state index is 0.0114. The van der Waals surface area contributed by atoms with Crippen LogP contribution in [-0.4, -0.2) is 48.0 Å². The Kier molecular flexibility index (Phi) is 4.26. The highest BCUT2D eigenvalue weighted by Crippen LogP contribution is 2.35. The highest BCUT2D eigenvalue weighted by molar-refractivity contribution is 5.17. The lowest BCUT2D eigenvalue weighted by Crippen LogP contribution is -2.41. The highest BCUT2D eigenvalue weighted by atomic mass is 16.6. The third-order valence-electron chi connectivity index (χ3n) is 4.06. The molecule has 1 aromatic rings. The molecule has 2 saturated heterocycles. The van der Waals surface area contributed by atoms with E-state index in [-0.39, 0.29) is 11.7 Å². The summed E-state index contributed by atoms with van der Waals surface area (Å²) in [5, 5.41) is 3.37. The fourth-order valence-electron chi connectivity index (χ4n) is 3.05. The summed E-state index contributed by atoms with van der Waals surface area (Å²) in [6.07, 6.45) is 3.03. The summed E-state index contributed by atoms with van der Waals surface area (Å²) in [7, 11) is 0. The Morgan fingerprint density at radius 1 is 1.38 bits per heavy atom. The Morgan fingerprint density at radius 2 is 2.19 bits per heavy atom. The van der Waals surface area contributed by atoms with Crippen LogP contribution in [0.5, 0.6) is 11.9 Å². The third-order valence-corrected chi connectivity index (χ3v) is 4.06. The van der Waals surface area contributed by atoms with Gasteiger partial charge in [0.15, 0.2) is 0 Å². The van der Waals surface area contributed by atoms with E-state index >= 15 is 0 Å². The molecule has 0 aliphatic carbocycles. The van der Waals surface area contributed by atoms with Crippen molar-refractivity contribution in [2.24, 2.45) is 0 Å². The highest BCUT2D eigenvalue weighted by Gasteiger charge is 2.42. The van der Waals surface area contributed by atoms with Crippen molar-refractivity contribution in [2.45, 2.75) is 44.8 Å². The van der Waals surface area contributed by atoms with Crippen LogP contribution in [0.25, 0.3) is 0 Å². The van der Waals surface area contributed by atoms with Crippen LogP contribution in [-0.2, 0) is 4.74 Å². The van der Waals surface area contributed by atoms with Gasteiger partial charge >= 0.3 is 6.01 Å². The molecule has 1 atom stereocenters. The van der Waals surface area contributed by atoms with Gasteiger partial charge in [-0.3, -0.25) is 0 Å². The molecule has 1 N–H and O–H groups in total. The maximum Gasteiger partial charge on any atom is 0.320 e.